The second kappa shape index (κ2) is 13.4. The highest BCUT2D eigenvalue weighted by molar-refractivity contribution is 8.00. The lowest BCUT2D eigenvalue weighted by Gasteiger charge is -2.26. The fourth-order valence-corrected chi connectivity index (χ4v) is 4.62. The number of anilines is 1. The van der Waals surface area contributed by atoms with E-state index >= 15 is 0 Å². The Labute approximate surface area is 210 Å². The molecule has 35 heavy (non-hydrogen) atoms. The molecule has 0 aliphatic heterocycles. The number of alkyl halides is 3. The van der Waals surface area contributed by atoms with Crippen LogP contribution in [0.15, 0.2) is 52.5 Å². The molecule has 0 aliphatic rings. The number of nitrogens with zero attached hydrogens (tertiary/aromatic N) is 2. The molecule has 0 radical (unpaired) electrons. The molecule has 2 aromatic rings. The van der Waals surface area contributed by atoms with E-state index < -0.39 is 17.7 Å². The molecule has 2 aromatic carbocycles. The van der Waals surface area contributed by atoms with Crippen LogP contribution in [0.4, 0.5) is 18.9 Å². The number of hydrogen-bond acceptors (Lipinski definition) is 5. The molecule has 9 heteroatoms. The first kappa shape index (κ1) is 30.4. The molecule has 194 valence electrons. The van der Waals surface area contributed by atoms with Gasteiger partial charge in [0.2, 0.25) is 0 Å². The number of benzene rings is 2. The third kappa shape index (κ3) is 10.2. The number of aliphatic carboxylic acids is 1. The number of carboxylic acids is 1. The molecule has 0 atom stereocenters. The largest absolute Gasteiger partial charge is 0.482 e. The van der Waals surface area contributed by atoms with Crippen molar-refractivity contribution in [1.82, 2.24) is 0 Å². The predicted molar refractivity (Wildman–Crippen MR) is 138 cm³/mol. The van der Waals surface area contributed by atoms with E-state index in [1.165, 1.54) is 12.1 Å². The summed E-state index contributed by atoms with van der Waals surface area (Å²) in [6, 6.07) is 10.6. The summed E-state index contributed by atoms with van der Waals surface area (Å²) >= 11 is 1.66. The van der Waals surface area contributed by atoms with Crippen molar-refractivity contribution in [3.05, 3.63) is 53.6 Å². The number of carbonyl (C=O) groups is 1. The SMILES string of the molecule is CC.CCN(/N=C(/C)CC(C)(C)Sc1ccc(OCC(=O)O)c(C)c1)c1ccc(C(F)(F)F)cc1. The zero-order valence-electron chi connectivity index (χ0n) is 21.4. The van der Waals surface area contributed by atoms with Gasteiger partial charge in [0, 0.05) is 28.3 Å². The van der Waals surface area contributed by atoms with Crippen LogP contribution in [-0.4, -0.2) is 34.7 Å². The fraction of sp³-hybridized carbons (Fsp3) is 0.462. The molecule has 0 aliphatic carbocycles. The number of rotatable bonds is 10. The Kier molecular flexibility index (Phi) is 11.6. The summed E-state index contributed by atoms with van der Waals surface area (Å²) in [7, 11) is 0. The lowest BCUT2D eigenvalue weighted by atomic mass is 10.1. The Morgan fingerprint density at radius 3 is 2.20 bits per heavy atom. The quantitative estimate of drug-likeness (QED) is 0.201. The minimum Gasteiger partial charge on any atom is -0.482 e. The molecule has 0 saturated heterocycles. The molecule has 0 aromatic heterocycles. The number of ether oxygens (including phenoxy) is 1. The maximum atomic E-state index is 12.8. The first-order valence-corrected chi connectivity index (χ1v) is 12.3. The molecule has 0 amide bonds. The van der Waals surface area contributed by atoms with Crippen LogP contribution in [0.5, 0.6) is 5.75 Å². The number of aryl methyl sites for hydroxylation is 1. The Morgan fingerprint density at radius 1 is 1.11 bits per heavy atom. The highest BCUT2D eigenvalue weighted by Crippen LogP contribution is 2.37. The third-order valence-corrected chi connectivity index (χ3v) is 5.84. The topological polar surface area (TPSA) is 62.1 Å². The zero-order valence-corrected chi connectivity index (χ0v) is 22.2. The molecule has 0 heterocycles. The van der Waals surface area contributed by atoms with Crippen LogP contribution in [-0.2, 0) is 11.0 Å². The van der Waals surface area contributed by atoms with Gasteiger partial charge in [-0.05, 0) is 82.6 Å². The van der Waals surface area contributed by atoms with E-state index in [9.17, 15) is 18.0 Å². The van der Waals surface area contributed by atoms with Gasteiger partial charge in [0.15, 0.2) is 6.61 Å². The number of thioether (sulfide) groups is 1. The van der Waals surface area contributed by atoms with Crippen LogP contribution in [0.3, 0.4) is 0 Å². The van der Waals surface area contributed by atoms with Crippen molar-refractivity contribution >= 4 is 29.1 Å². The minimum atomic E-state index is -4.37. The van der Waals surface area contributed by atoms with Gasteiger partial charge in [-0.3, -0.25) is 5.01 Å². The van der Waals surface area contributed by atoms with Crippen molar-refractivity contribution in [3.8, 4) is 5.75 Å². The third-order valence-electron chi connectivity index (χ3n) is 4.66. The van der Waals surface area contributed by atoms with E-state index in [1.54, 1.807) is 22.8 Å². The van der Waals surface area contributed by atoms with Gasteiger partial charge in [0.05, 0.1) is 11.3 Å². The monoisotopic (exact) mass is 512 g/mol. The summed E-state index contributed by atoms with van der Waals surface area (Å²) in [6.07, 6.45) is -3.71. The van der Waals surface area contributed by atoms with Crippen molar-refractivity contribution in [1.29, 1.82) is 0 Å². The standard InChI is InChI=1S/C24H29F3N2O3S.C2H6/c1-6-29(19-9-7-18(8-10-19)24(25,26)27)28-17(3)14-23(4,5)33-20-11-12-21(16(2)13-20)32-15-22(30)31;1-2/h7-13H,6,14-15H2,1-5H3,(H,30,31);1-2H3/b28-17-;. The molecule has 0 unspecified atom stereocenters. The van der Waals surface area contributed by atoms with E-state index in [0.29, 0.717) is 24.4 Å². The second-order valence-electron chi connectivity index (χ2n) is 8.24. The Bertz CT molecular complexity index is 990. The average Bonchev–Trinajstić information content (AvgIpc) is 2.77. The number of hydrazone groups is 1. The van der Waals surface area contributed by atoms with Crippen molar-refractivity contribution in [2.45, 2.75) is 70.7 Å². The van der Waals surface area contributed by atoms with Crippen LogP contribution in [0.25, 0.3) is 0 Å². The van der Waals surface area contributed by atoms with E-state index in [0.717, 1.165) is 28.3 Å². The summed E-state index contributed by atoms with van der Waals surface area (Å²) in [6.45, 7) is 14.0. The number of halogens is 3. The average molecular weight is 513 g/mol. The minimum absolute atomic E-state index is 0.205. The summed E-state index contributed by atoms with van der Waals surface area (Å²) < 4.78 is 43.5. The van der Waals surface area contributed by atoms with Gasteiger partial charge < -0.3 is 9.84 Å². The maximum Gasteiger partial charge on any atom is 0.416 e. The lowest BCUT2D eigenvalue weighted by molar-refractivity contribution is -0.139. The van der Waals surface area contributed by atoms with Crippen molar-refractivity contribution in [2.24, 2.45) is 5.10 Å². The van der Waals surface area contributed by atoms with Crippen LogP contribution in [0, 0.1) is 6.92 Å². The van der Waals surface area contributed by atoms with Gasteiger partial charge in [0.25, 0.3) is 0 Å². The number of hydrogen-bond donors (Lipinski definition) is 1. The maximum absolute atomic E-state index is 12.8. The predicted octanol–water partition coefficient (Wildman–Crippen LogP) is 7.67. The summed E-state index contributed by atoms with van der Waals surface area (Å²) in [5.74, 6) is -0.492. The van der Waals surface area contributed by atoms with Gasteiger partial charge in [-0.1, -0.05) is 13.8 Å². The zero-order chi connectivity index (χ0) is 26.8. The van der Waals surface area contributed by atoms with Crippen LogP contribution >= 0.6 is 11.8 Å². The summed E-state index contributed by atoms with van der Waals surface area (Å²) in [5, 5.41) is 15.1. The molecular weight excluding hydrogens is 477 g/mol. The van der Waals surface area contributed by atoms with E-state index in [1.807, 2.05) is 46.8 Å². The fourth-order valence-electron chi connectivity index (χ4n) is 3.33. The highest BCUT2D eigenvalue weighted by Gasteiger charge is 2.30. The van der Waals surface area contributed by atoms with Crippen LogP contribution in [0.2, 0.25) is 0 Å². The summed E-state index contributed by atoms with van der Waals surface area (Å²) in [4.78, 5) is 11.7. The Hall–Kier alpha value is -2.68. The van der Waals surface area contributed by atoms with Gasteiger partial charge >= 0.3 is 12.1 Å². The van der Waals surface area contributed by atoms with Crippen LogP contribution in [0.1, 0.15) is 59.1 Å². The highest BCUT2D eigenvalue weighted by atomic mass is 32.2. The first-order valence-electron chi connectivity index (χ1n) is 11.4. The Balaban J connectivity index is 0.00000298. The molecular formula is C26H35F3N2O3S. The molecule has 5 nitrogen and oxygen atoms in total. The first-order chi connectivity index (χ1) is 16.3. The lowest BCUT2D eigenvalue weighted by Crippen LogP contribution is -2.23. The molecule has 0 spiro atoms. The van der Waals surface area contributed by atoms with Gasteiger partial charge in [-0.15, -0.1) is 11.8 Å². The van der Waals surface area contributed by atoms with E-state index in [2.05, 4.69) is 18.9 Å². The smallest absolute Gasteiger partial charge is 0.416 e. The molecule has 0 fully saturated rings. The van der Waals surface area contributed by atoms with Crippen molar-refractivity contribution in [2.75, 3.05) is 18.2 Å². The second-order valence-corrected chi connectivity index (χ2v) is 10.0. The van der Waals surface area contributed by atoms with Crippen molar-refractivity contribution < 1.29 is 27.8 Å². The summed E-state index contributed by atoms with van der Waals surface area (Å²) in [5.41, 5.74) is 1.62. The normalized spacial score (nSPS) is 12.0. The van der Waals surface area contributed by atoms with Gasteiger partial charge in [-0.2, -0.15) is 18.3 Å². The molecule has 0 saturated carbocycles. The van der Waals surface area contributed by atoms with Gasteiger partial charge in [0.1, 0.15) is 5.75 Å². The molecule has 0 bridgehead atoms. The Morgan fingerprint density at radius 2 is 1.71 bits per heavy atom. The van der Waals surface area contributed by atoms with Gasteiger partial charge in [-0.25, -0.2) is 4.79 Å². The number of carboxylic acid groups (broad SMARTS) is 1. The van der Waals surface area contributed by atoms with E-state index in [4.69, 9.17) is 9.84 Å². The molecule has 2 rings (SSSR count). The van der Waals surface area contributed by atoms with E-state index in [-0.39, 0.29) is 11.4 Å². The van der Waals surface area contributed by atoms with Crippen LogP contribution < -0.4 is 9.75 Å². The van der Waals surface area contributed by atoms with Crippen molar-refractivity contribution in [3.63, 3.8) is 0 Å². The molecule has 1 N–H and O–H groups in total.